The lowest BCUT2D eigenvalue weighted by atomic mass is 9.97. The molecule has 25 heavy (non-hydrogen) atoms. The van der Waals surface area contributed by atoms with Crippen molar-refractivity contribution in [2.45, 2.75) is 51.0 Å². The molecular weight excluding hydrogens is 314 g/mol. The van der Waals surface area contributed by atoms with Crippen LogP contribution in [0.2, 0.25) is 0 Å². The van der Waals surface area contributed by atoms with Crippen LogP contribution in [0.25, 0.3) is 6.08 Å². The van der Waals surface area contributed by atoms with Crippen molar-refractivity contribution in [1.29, 1.82) is 0 Å². The van der Waals surface area contributed by atoms with Crippen LogP contribution in [0.5, 0.6) is 5.88 Å². The molecule has 0 saturated heterocycles. The van der Waals surface area contributed by atoms with Gasteiger partial charge in [-0.3, -0.25) is 0 Å². The minimum absolute atomic E-state index is 0.0158. The Morgan fingerprint density at radius 1 is 1.12 bits per heavy atom. The second kappa shape index (κ2) is 7.09. The van der Waals surface area contributed by atoms with Crippen molar-refractivity contribution in [3.05, 3.63) is 34.5 Å². The zero-order chi connectivity index (χ0) is 17.1. The summed E-state index contributed by atoms with van der Waals surface area (Å²) in [6, 6.07) is 6.26. The van der Waals surface area contributed by atoms with Crippen LogP contribution < -0.4 is 15.9 Å². The smallest absolute Gasteiger partial charge is 0.238 e. The fourth-order valence-electron chi connectivity index (χ4n) is 3.50. The lowest BCUT2D eigenvalue weighted by Crippen LogP contribution is -2.21. The Kier molecular flexibility index (Phi) is 4.50. The molecule has 0 radical (unpaired) electrons. The Bertz CT molecular complexity index is 891. The van der Waals surface area contributed by atoms with Crippen molar-refractivity contribution in [1.82, 2.24) is 9.97 Å². The molecule has 1 aliphatic carbocycles. The standard InChI is InChI=1S/C19H23N5O/c25-18-17(11-13-8-9-15-16(10-13)21-12-20-15)23-19(24-18)22-14-6-4-2-1-3-5-7-14/h8-12,14,25H,1-7H2,(H2,22,23,24)/b13-11+. The summed E-state index contributed by atoms with van der Waals surface area (Å²) in [5, 5.41) is 15.4. The second-order valence-electron chi connectivity index (χ2n) is 6.78. The predicted octanol–water partition coefficient (Wildman–Crippen LogP) is 2.76. The third-order valence-corrected chi connectivity index (χ3v) is 4.86. The number of aromatic hydroxyl groups is 1. The van der Waals surface area contributed by atoms with Crippen molar-refractivity contribution >= 4 is 24.1 Å². The molecule has 0 unspecified atom stereocenters. The SMILES string of the molecule is Oc1nc(NC2CCCCCCC2)[nH]c1/C=c1\ccc2c(c1)N=CN=2. The topological polar surface area (TPSA) is 85.7 Å². The van der Waals surface area contributed by atoms with E-state index in [1.807, 2.05) is 24.3 Å². The van der Waals surface area contributed by atoms with E-state index in [1.165, 1.54) is 32.1 Å². The van der Waals surface area contributed by atoms with Gasteiger partial charge in [0.25, 0.3) is 0 Å². The van der Waals surface area contributed by atoms with E-state index in [0.29, 0.717) is 17.7 Å². The molecule has 0 amide bonds. The van der Waals surface area contributed by atoms with Crippen LogP contribution in [0.4, 0.5) is 11.6 Å². The van der Waals surface area contributed by atoms with E-state index < -0.39 is 0 Å². The van der Waals surface area contributed by atoms with Crippen molar-refractivity contribution in [3.63, 3.8) is 0 Å². The second-order valence-corrected chi connectivity index (χ2v) is 6.78. The molecular formula is C19H23N5O. The van der Waals surface area contributed by atoms with Gasteiger partial charge in [0.15, 0.2) is 0 Å². The number of hydrogen-bond acceptors (Lipinski definition) is 5. The Morgan fingerprint density at radius 2 is 1.92 bits per heavy atom. The summed E-state index contributed by atoms with van der Waals surface area (Å²) < 4.78 is 0. The maximum atomic E-state index is 10.2. The van der Waals surface area contributed by atoms with E-state index in [1.54, 1.807) is 6.34 Å². The Labute approximate surface area is 146 Å². The van der Waals surface area contributed by atoms with E-state index in [-0.39, 0.29) is 5.88 Å². The average Bonchev–Trinajstić information content (AvgIpc) is 3.16. The molecule has 1 aromatic carbocycles. The summed E-state index contributed by atoms with van der Waals surface area (Å²) in [5.74, 6) is 0.658. The van der Waals surface area contributed by atoms with Crippen LogP contribution >= 0.6 is 0 Å². The number of aliphatic imine (C=N–C) groups is 1. The number of nitrogens with one attached hydrogen (secondary N) is 2. The Balaban J connectivity index is 1.53. The normalized spacial score (nSPS) is 18.5. The van der Waals surface area contributed by atoms with Crippen LogP contribution in [0.3, 0.4) is 0 Å². The number of nitrogens with zero attached hydrogens (tertiary/aromatic N) is 3. The van der Waals surface area contributed by atoms with Crippen LogP contribution in [0.15, 0.2) is 28.2 Å². The summed E-state index contributed by atoms with van der Waals surface area (Å²) >= 11 is 0. The van der Waals surface area contributed by atoms with Gasteiger partial charge < -0.3 is 15.4 Å². The first-order valence-corrected chi connectivity index (χ1v) is 9.05. The number of imidazole rings is 1. The van der Waals surface area contributed by atoms with Gasteiger partial charge in [0.2, 0.25) is 11.8 Å². The van der Waals surface area contributed by atoms with Gasteiger partial charge in [-0.15, -0.1) is 0 Å². The number of aromatic nitrogens is 2. The highest BCUT2D eigenvalue weighted by atomic mass is 16.3. The average molecular weight is 337 g/mol. The van der Waals surface area contributed by atoms with Gasteiger partial charge in [-0.1, -0.05) is 38.2 Å². The number of aromatic amines is 1. The van der Waals surface area contributed by atoms with Gasteiger partial charge in [0.05, 0.1) is 11.0 Å². The number of hydrogen-bond donors (Lipinski definition) is 3. The highest BCUT2D eigenvalue weighted by Crippen LogP contribution is 2.22. The first-order valence-electron chi connectivity index (χ1n) is 9.05. The largest absolute Gasteiger partial charge is 0.492 e. The van der Waals surface area contributed by atoms with E-state index in [2.05, 4.69) is 25.3 Å². The highest BCUT2D eigenvalue weighted by Gasteiger charge is 2.14. The summed E-state index contributed by atoms with van der Waals surface area (Å²) in [7, 11) is 0. The van der Waals surface area contributed by atoms with E-state index in [4.69, 9.17) is 0 Å². The van der Waals surface area contributed by atoms with Crippen LogP contribution in [-0.2, 0) is 0 Å². The molecule has 3 N–H and O–H groups in total. The lowest BCUT2D eigenvalue weighted by Gasteiger charge is -2.20. The molecule has 0 atom stereocenters. The maximum absolute atomic E-state index is 10.2. The first kappa shape index (κ1) is 15.9. The molecule has 2 aromatic rings. The van der Waals surface area contributed by atoms with Gasteiger partial charge in [-0.05, 0) is 36.3 Å². The van der Waals surface area contributed by atoms with Crippen molar-refractivity contribution in [2.75, 3.05) is 5.32 Å². The summed E-state index contributed by atoms with van der Waals surface area (Å²) in [6.07, 6.45) is 12.2. The lowest BCUT2D eigenvalue weighted by molar-refractivity contribution is 0.454. The molecule has 6 nitrogen and oxygen atoms in total. The van der Waals surface area contributed by atoms with E-state index in [9.17, 15) is 5.11 Å². The molecule has 4 rings (SSSR count). The minimum Gasteiger partial charge on any atom is -0.492 e. The molecule has 1 aromatic heterocycles. The quantitative estimate of drug-likeness (QED) is 0.805. The van der Waals surface area contributed by atoms with Gasteiger partial charge >= 0.3 is 0 Å². The highest BCUT2D eigenvalue weighted by molar-refractivity contribution is 5.67. The Morgan fingerprint density at radius 3 is 2.76 bits per heavy atom. The van der Waals surface area contributed by atoms with Crippen LogP contribution in [0.1, 0.15) is 50.6 Å². The predicted molar refractivity (Wildman–Crippen MR) is 98.9 cm³/mol. The van der Waals surface area contributed by atoms with Crippen LogP contribution in [-0.4, -0.2) is 27.5 Å². The van der Waals surface area contributed by atoms with Crippen molar-refractivity contribution in [2.24, 2.45) is 9.98 Å². The maximum Gasteiger partial charge on any atom is 0.238 e. The van der Waals surface area contributed by atoms with Crippen molar-refractivity contribution in [3.8, 4) is 5.88 Å². The zero-order valence-electron chi connectivity index (χ0n) is 14.2. The number of anilines is 1. The van der Waals surface area contributed by atoms with Crippen molar-refractivity contribution < 1.29 is 5.11 Å². The summed E-state index contributed by atoms with van der Waals surface area (Å²) in [5.41, 5.74) is 1.45. The fourth-order valence-corrected chi connectivity index (χ4v) is 3.50. The van der Waals surface area contributed by atoms with Gasteiger partial charge in [0, 0.05) is 6.04 Å². The minimum atomic E-state index is 0.0158. The third kappa shape index (κ3) is 3.73. The number of benzene rings is 1. The van der Waals surface area contributed by atoms with Gasteiger partial charge in [-0.25, -0.2) is 9.98 Å². The fraction of sp³-hybridized carbons (Fsp3) is 0.421. The molecule has 1 saturated carbocycles. The molecule has 2 heterocycles. The van der Waals surface area contributed by atoms with E-state index >= 15 is 0 Å². The molecule has 2 aliphatic rings. The monoisotopic (exact) mass is 337 g/mol. The number of rotatable bonds is 3. The number of H-pyrrole nitrogens is 1. The summed E-state index contributed by atoms with van der Waals surface area (Å²) in [4.78, 5) is 15.8. The number of fused-ring (bicyclic) bond motifs is 1. The molecule has 6 heteroatoms. The zero-order valence-corrected chi connectivity index (χ0v) is 14.2. The molecule has 0 bridgehead atoms. The van der Waals surface area contributed by atoms with Crippen LogP contribution in [0, 0.1) is 0 Å². The van der Waals surface area contributed by atoms with Gasteiger partial charge in [0.1, 0.15) is 12.0 Å². The van der Waals surface area contributed by atoms with Gasteiger partial charge in [-0.2, -0.15) is 4.98 Å². The first-order chi connectivity index (χ1) is 12.3. The molecule has 130 valence electrons. The molecule has 1 aliphatic heterocycles. The third-order valence-electron chi connectivity index (χ3n) is 4.86. The summed E-state index contributed by atoms with van der Waals surface area (Å²) in [6.45, 7) is 0. The molecule has 1 fully saturated rings. The molecule has 0 spiro atoms. The van der Waals surface area contributed by atoms with E-state index in [0.717, 1.165) is 29.1 Å². The Hall–Kier alpha value is -2.63.